The van der Waals surface area contributed by atoms with E-state index in [2.05, 4.69) is 22.1 Å². The third-order valence-corrected chi connectivity index (χ3v) is 6.45. The van der Waals surface area contributed by atoms with Crippen LogP contribution in [0.25, 0.3) is 0 Å². The zero-order valence-electron chi connectivity index (χ0n) is 19.2. The first-order valence-electron chi connectivity index (χ1n) is 11.7. The Morgan fingerprint density at radius 3 is 2.52 bits per heavy atom. The van der Waals surface area contributed by atoms with Gasteiger partial charge in [-0.1, -0.05) is 49.2 Å². The van der Waals surface area contributed by atoms with Crippen LogP contribution in [-0.2, 0) is 4.79 Å². The number of amidine groups is 1. The maximum atomic E-state index is 13.2. The number of hydrogen-bond acceptors (Lipinski definition) is 5. The van der Waals surface area contributed by atoms with Crippen molar-refractivity contribution >= 4 is 23.3 Å². The van der Waals surface area contributed by atoms with E-state index in [0.29, 0.717) is 30.5 Å². The number of aromatic amines is 1. The number of rotatable bonds is 5. The summed E-state index contributed by atoms with van der Waals surface area (Å²) in [5.74, 6) is 1.21. The van der Waals surface area contributed by atoms with Crippen LogP contribution in [0, 0.1) is 11.3 Å². The highest BCUT2D eigenvalue weighted by Crippen LogP contribution is 2.30. The van der Waals surface area contributed by atoms with Gasteiger partial charge in [0, 0.05) is 24.2 Å². The number of carbonyl (C=O) groups excluding carboxylic acids is 1. The van der Waals surface area contributed by atoms with E-state index in [1.54, 1.807) is 4.90 Å². The number of piperazine rings is 1. The van der Waals surface area contributed by atoms with E-state index in [4.69, 9.17) is 22.7 Å². The number of carbonyl (C=O) groups is 1. The molecule has 2 aromatic rings. The first-order valence-corrected chi connectivity index (χ1v) is 12.1. The van der Waals surface area contributed by atoms with Gasteiger partial charge in [-0.25, -0.2) is 4.98 Å². The second kappa shape index (κ2) is 12.5. The number of unbranched alkanes of at least 4 members (excludes halogenated alkanes) is 1. The number of aromatic nitrogens is 3. The standard InChI is InChI=1S/C18H29N7O.C6H5Cl/c1-2-3-4-15-18(26)24(14-7-5-13(11-19)6-8-14)9-10-25(15)16(20)17-21-12-22-23-17;7-6-4-2-1-3-5-6/h4,12-14,20H,2-3,5-11,19H2,1H3,(H,21,22,23);1-5H/b15-4+,20-16?;. The lowest BCUT2D eigenvalue weighted by Gasteiger charge is -2.43. The summed E-state index contributed by atoms with van der Waals surface area (Å²) in [6.45, 7) is 4.07. The summed E-state index contributed by atoms with van der Waals surface area (Å²) in [6.07, 6.45) is 9.35. The van der Waals surface area contributed by atoms with E-state index in [1.165, 1.54) is 6.33 Å². The number of nitrogens with zero attached hydrogens (tertiary/aromatic N) is 4. The predicted molar refractivity (Wildman–Crippen MR) is 131 cm³/mol. The Hall–Kier alpha value is -2.71. The molecule has 1 aliphatic carbocycles. The SMILES string of the molecule is CCC/C=C1\C(=O)N(C2CCC(CN)CC2)CCN1C(=N)c1ncn[nH]1.Clc1ccccc1. The molecule has 178 valence electrons. The molecule has 4 rings (SSSR count). The van der Waals surface area contributed by atoms with Crippen molar-refractivity contribution in [2.24, 2.45) is 11.7 Å². The molecular weight excluding hydrogens is 438 g/mol. The van der Waals surface area contributed by atoms with Gasteiger partial charge < -0.3 is 15.5 Å². The lowest BCUT2D eigenvalue weighted by atomic mass is 9.85. The maximum absolute atomic E-state index is 13.2. The van der Waals surface area contributed by atoms with Crippen molar-refractivity contribution in [3.63, 3.8) is 0 Å². The molecule has 1 aromatic heterocycles. The molecule has 1 amide bonds. The van der Waals surface area contributed by atoms with E-state index < -0.39 is 0 Å². The van der Waals surface area contributed by atoms with E-state index in [0.717, 1.165) is 50.1 Å². The monoisotopic (exact) mass is 471 g/mol. The summed E-state index contributed by atoms with van der Waals surface area (Å²) in [5.41, 5.74) is 6.39. The number of benzene rings is 1. The second-order valence-electron chi connectivity index (χ2n) is 8.42. The van der Waals surface area contributed by atoms with Gasteiger partial charge in [0.05, 0.1) is 0 Å². The van der Waals surface area contributed by atoms with E-state index in [1.807, 2.05) is 41.3 Å². The highest BCUT2D eigenvalue weighted by Gasteiger charge is 2.36. The normalized spacial score (nSPS) is 22.2. The van der Waals surface area contributed by atoms with E-state index in [9.17, 15) is 4.79 Å². The Bertz CT molecular complexity index is 908. The largest absolute Gasteiger partial charge is 0.333 e. The van der Waals surface area contributed by atoms with Crippen LogP contribution < -0.4 is 5.73 Å². The van der Waals surface area contributed by atoms with Crippen LogP contribution in [0.3, 0.4) is 0 Å². The van der Waals surface area contributed by atoms with Crippen molar-refractivity contribution in [1.29, 1.82) is 5.41 Å². The molecule has 1 saturated heterocycles. The molecule has 1 aromatic carbocycles. The molecule has 0 radical (unpaired) electrons. The van der Waals surface area contributed by atoms with Crippen molar-refractivity contribution in [3.05, 3.63) is 59.3 Å². The van der Waals surface area contributed by atoms with Crippen molar-refractivity contribution in [2.45, 2.75) is 51.5 Å². The highest BCUT2D eigenvalue weighted by atomic mass is 35.5. The molecule has 0 atom stereocenters. The number of amides is 1. The van der Waals surface area contributed by atoms with E-state index >= 15 is 0 Å². The molecule has 0 bridgehead atoms. The van der Waals surface area contributed by atoms with Crippen LogP contribution in [0.5, 0.6) is 0 Å². The molecule has 0 spiro atoms. The zero-order valence-corrected chi connectivity index (χ0v) is 20.0. The van der Waals surface area contributed by atoms with E-state index in [-0.39, 0.29) is 17.8 Å². The van der Waals surface area contributed by atoms with Gasteiger partial charge in [-0.05, 0) is 56.7 Å². The number of hydrogen-bond donors (Lipinski definition) is 3. The van der Waals surface area contributed by atoms with Crippen LogP contribution in [0.15, 0.2) is 48.4 Å². The summed E-state index contributed by atoms with van der Waals surface area (Å²) in [6, 6.07) is 9.73. The Balaban J connectivity index is 0.000000374. The molecule has 0 unspecified atom stereocenters. The summed E-state index contributed by atoms with van der Waals surface area (Å²) in [7, 11) is 0. The average Bonchev–Trinajstić information content (AvgIpc) is 3.39. The van der Waals surface area contributed by atoms with Crippen molar-refractivity contribution in [2.75, 3.05) is 19.6 Å². The minimum Gasteiger partial charge on any atom is -0.333 e. The fourth-order valence-corrected chi connectivity index (χ4v) is 4.45. The molecule has 9 heteroatoms. The first kappa shape index (κ1) is 24.9. The van der Waals surface area contributed by atoms with Crippen LogP contribution in [0.2, 0.25) is 5.02 Å². The lowest BCUT2D eigenvalue weighted by molar-refractivity contribution is -0.133. The molecule has 1 saturated carbocycles. The Labute approximate surface area is 200 Å². The Kier molecular flexibility index (Phi) is 9.45. The number of allylic oxidation sites excluding steroid dienone is 1. The minimum absolute atomic E-state index is 0.0326. The molecule has 1 aliphatic heterocycles. The smallest absolute Gasteiger partial charge is 0.270 e. The van der Waals surface area contributed by atoms with Crippen molar-refractivity contribution in [1.82, 2.24) is 25.0 Å². The predicted octanol–water partition coefficient (Wildman–Crippen LogP) is 3.82. The second-order valence-corrected chi connectivity index (χ2v) is 8.85. The summed E-state index contributed by atoms with van der Waals surface area (Å²) in [4.78, 5) is 21.1. The third-order valence-electron chi connectivity index (χ3n) is 6.19. The number of H-pyrrole nitrogens is 1. The summed E-state index contributed by atoms with van der Waals surface area (Å²) in [5, 5.41) is 15.8. The van der Waals surface area contributed by atoms with Gasteiger partial charge >= 0.3 is 0 Å². The summed E-state index contributed by atoms with van der Waals surface area (Å²) >= 11 is 5.54. The van der Waals surface area contributed by atoms with Gasteiger partial charge in [0.2, 0.25) is 0 Å². The van der Waals surface area contributed by atoms with Gasteiger partial charge in [0.15, 0.2) is 11.7 Å². The molecule has 33 heavy (non-hydrogen) atoms. The molecule has 2 fully saturated rings. The fourth-order valence-electron chi connectivity index (χ4n) is 4.31. The van der Waals surface area contributed by atoms with Crippen LogP contribution in [0.1, 0.15) is 51.3 Å². The highest BCUT2D eigenvalue weighted by molar-refractivity contribution is 6.30. The van der Waals surface area contributed by atoms with Crippen LogP contribution >= 0.6 is 11.6 Å². The number of halogens is 1. The molecule has 2 heterocycles. The van der Waals surface area contributed by atoms with Crippen LogP contribution in [-0.4, -0.2) is 62.4 Å². The van der Waals surface area contributed by atoms with Gasteiger partial charge in [0.1, 0.15) is 12.0 Å². The van der Waals surface area contributed by atoms with Gasteiger partial charge in [-0.15, -0.1) is 0 Å². The van der Waals surface area contributed by atoms with Gasteiger partial charge in [0.25, 0.3) is 5.91 Å². The quantitative estimate of drug-likeness (QED) is 0.348. The topological polar surface area (TPSA) is 115 Å². The van der Waals surface area contributed by atoms with Gasteiger partial charge in [-0.3, -0.25) is 15.3 Å². The van der Waals surface area contributed by atoms with Gasteiger partial charge in [-0.2, -0.15) is 5.10 Å². The molecule has 8 nitrogen and oxygen atoms in total. The molecule has 4 N–H and O–H groups in total. The lowest BCUT2D eigenvalue weighted by Crippen LogP contribution is -2.54. The molecule has 2 aliphatic rings. The molecular formula is C24H34ClN7O. The van der Waals surface area contributed by atoms with Crippen molar-refractivity contribution < 1.29 is 4.79 Å². The Morgan fingerprint density at radius 1 is 1.24 bits per heavy atom. The maximum Gasteiger partial charge on any atom is 0.270 e. The number of nitrogens with one attached hydrogen (secondary N) is 2. The first-order chi connectivity index (χ1) is 16.0. The average molecular weight is 472 g/mol. The zero-order chi connectivity index (χ0) is 23.6. The van der Waals surface area contributed by atoms with Crippen molar-refractivity contribution in [3.8, 4) is 0 Å². The third kappa shape index (κ3) is 6.65. The summed E-state index contributed by atoms with van der Waals surface area (Å²) < 4.78 is 0. The Morgan fingerprint density at radius 2 is 1.97 bits per heavy atom. The van der Waals surface area contributed by atoms with Crippen LogP contribution in [0.4, 0.5) is 0 Å². The fraction of sp³-hybridized carbons (Fsp3) is 0.500. The minimum atomic E-state index is 0.0326. The number of nitrogens with two attached hydrogens (primary N) is 1.